The van der Waals surface area contributed by atoms with Crippen LogP contribution < -0.4 is 4.74 Å². The Labute approximate surface area is 211 Å². The van der Waals surface area contributed by atoms with Crippen LogP contribution in [-0.2, 0) is 11.2 Å². The molecule has 0 bridgehead atoms. The van der Waals surface area contributed by atoms with Crippen molar-refractivity contribution in [2.24, 2.45) is 0 Å². The highest BCUT2D eigenvalue weighted by Crippen LogP contribution is 2.50. The number of carbonyl (C=O) groups is 1. The van der Waals surface area contributed by atoms with E-state index in [2.05, 4.69) is 28.9 Å². The van der Waals surface area contributed by atoms with Crippen LogP contribution in [0.2, 0.25) is 0 Å². The Balaban J connectivity index is 1.68. The first-order chi connectivity index (χ1) is 17.3. The van der Waals surface area contributed by atoms with Gasteiger partial charge in [0.1, 0.15) is 12.4 Å². The van der Waals surface area contributed by atoms with Gasteiger partial charge in [0, 0.05) is 36.8 Å². The van der Waals surface area contributed by atoms with Crippen LogP contribution >= 0.6 is 0 Å². The minimum absolute atomic E-state index is 0.0171. The maximum Gasteiger partial charge on any atom is 0.304 e. The first-order valence-corrected chi connectivity index (χ1v) is 12.6. The van der Waals surface area contributed by atoms with Gasteiger partial charge in [-0.3, -0.25) is 14.1 Å². The molecule has 0 unspecified atom stereocenters. The van der Waals surface area contributed by atoms with Gasteiger partial charge in [0.25, 0.3) is 0 Å². The molecule has 0 saturated heterocycles. The number of rotatable bonds is 11. The summed E-state index contributed by atoms with van der Waals surface area (Å²) in [4.78, 5) is 19.8. The van der Waals surface area contributed by atoms with E-state index < -0.39 is 17.8 Å². The molecule has 194 valence electrons. The zero-order valence-electron chi connectivity index (χ0n) is 21.3. The number of hydrogen-bond donors (Lipinski definition) is 1. The molecular weight excluding hydrogens is 464 g/mol. The van der Waals surface area contributed by atoms with Crippen molar-refractivity contribution in [1.29, 1.82) is 0 Å². The molecule has 0 amide bonds. The van der Waals surface area contributed by atoms with Crippen LogP contribution in [0.5, 0.6) is 5.88 Å². The Kier molecular flexibility index (Phi) is 8.36. The average Bonchev–Trinajstić information content (AvgIpc) is 3.21. The summed E-state index contributed by atoms with van der Waals surface area (Å²) in [7, 11) is 1.91. The van der Waals surface area contributed by atoms with Gasteiger partial charge < -0.3 is 14.7 Å². The van der Waals surface area contributed by atoms with E-state index in [1.54, 1.807) is 0 Å². The molecule has 1 aliphatic heterocycles. The summed E-state index contributed by atoms with van der Waals surface area (Å²) in [5.41, 5.74) is 5.93. The molecule has 2 atom stereocenters. The maximum absolute atomic E-state index is 15.6. The van der Waals surface area contributed by atoms with Crippen LogP contribution in [0.15, 0.2) is 36.0 Å². The Hall–Kier alpha value is -2.84. The highest BCUT2D eigenvalue weighted by molar-refractivity contribution is 5.79. The Bertz CT molecular complexity index is 1140. The molecule has 4 rings (SSSR count). The number of benzene rings is 1. The van der Waals surface area contributed by atoms with E-state index in [1.807, 2.05) is 31.0 Å². The predicted octanol–water partition coefficient (Wildman–Crippen LogP) is 4.82. The van der Waals surface area contributed by atoms with E-state index in [0.717, 1.165) is 12.0 Å². The molecule has 1 aliphatic carbocycles. The molecule has 0 saturated carbocycles. The van der Waals surface area contributed by atoms with E-state index in [0.29, 0.717) is 56.1 Å². The highest BCUT2D eigenvalue weighted by atomic mass is 19.1. The number of aromatic nitrogens is 1. The van der Waals surface area contributed by atoms with Crippen molar-refractivity contribution in [3.63, 3.8) is 0 Å². The molecule has 8 heteroatoms. The topological polar surface area (TPSA) is 65.9 Å². The lowest BCUT2D eigenvalue weighted by molar-refractivity contribution is -0.137. The summed E-state index contributed by atoms with van der Waals surface area (Å²) in [6.45, 7) is 5.47. The zero-order chi connectivity index (χ0) is 25.8. The standard InChI is InChI=1S/C28H35F2N3O3/c1-18-15-22-21-8-5-4-7-20(21)16-23(22)27(33(18)12-9-25(34)35)26-19(2)28(31-17-24(26)30)36-14-13-32(3)11-6-10-29/h4-5,7-8,17-18,27H,6,9-16H2,1-3H3,(H,34,35)/t18-,27+/m1/s1. The van der Waals surface area contributed by atoms with Crippen LogP contribution in [0.1, 0.15) is 54.5 Å². The van der Waals surface area contributed by atoms with Gasteiger partial charge in [-0.2, -0.15) is 0 Å². The second kappa shape index (κ2) is 11.5. The summed E-state index contributed by atoms with van der Waals surface area (Å²) in [5.74, 6) is -0.912. The van der Waals surface area contributed by atoms with E-state index in [-0.39, 0.29) is 19.1 Å². The molecule has 0 spiro atoms. The van der Waals surface area contributed by atoms with Crippen LogP contribution in [0.25, 0.3) is 5.57 Å². The molecule has 1 N–H and O–H groups in total. The van der Waals surface area contributed by atoms with Gasteiger partial charge in [-0.15, -0.1) is 0 Å². The predicted molar refractivity (Wildman–Crippen MR) is 135 cm³/mol. The number of hydrogen-bond acceptors (Lipinski definition) is 5. The summed E-state index contributed by atoms with van der Waals surface area (Å²) in [6, 6.07) is 7.93. The number of halogens is 2. The van der Waals surface area contributed by atoms with Crippen molar-refractivity contribution < 1.29 is 23.4 Å². The highest BCUT2D eigenvalue weighted by Gasteiger charge is 2.41. The molecule has 6 nitrogen and oxygen atoms in total. The van der Waals surface area contributed by atoms with E-state index >= 15 is 4.39 Å². The second-order valence-electron chi connectivity index (χ2n) is 9.82. The fourth-order valence-corrected chi connectivity index (χ4v) is 5.53. The van der Waals surface area contributed by atoms with Crippen molar-refractivity contribution in [2.45, 2.75) is 51.6 Å². The van der Waals surface area contributed by atoms with Crippen LogP contribution in [0, 0.1) is 12.7 Å². The minimum atomic E-state index is -0.872. The van der Waals surface area contributed by atoms with Gasteiger partial charge in [0.2, 0.25) is 5.88 Å². The number of pyridine rings is 1. The van der Waals surface area contributed by atoms with E-state index in [1.165, 1.54) is 22.9 Å². The quantitative estimate of drug-likeness (QED) is 0.478. The number of ether oxygens (including phenoxy) is 1. The molecule has 2 aliphatic rings. The zero-order valence-corrected chi connectivity index (χ0v) is 21.3. The van der Waals surface area contributed by atoms with Crippen LogP contribution in [-0.4, -0.2) is 71.9 Å². The number of alkyl halides is 1. The third kappa shape index (κ3) is 5.44. The second-order valence-corrected chi connectivity index (χ2v) is 9.82. The molecule has 0 fully saturated rings. The fourth-order valence-electron chi connectivity index (χ4n) is 5.53. The smallest absolute Gasteiger partial charge is 0.304 e. The first kappa shape index (κ1) is 26.2. The monoisotopic (exact) mass is 499 g/mol. The summed E-state index contributed by atoms with van der Waals surface area (Å²) in [5, 5.41) is 9.40. The molecule has 1 aromatic carbocycles. The molecular formula is C28H35F2N3O3. The van der Waals surface area contributed by atoms with E-state index in [9.17, 15) is 14.3 Å². The number of likely N-dealkylation sites (N-methyl/N-ethyl adjacent to an activating group) is 1. The minimum Gasteiger partial charge on any atom is -0.481 e. The lowest BCUT2D eigenvalue weighted by atomic mass is 9.83. The third-order valence-corrected chi connectivity index (χ3v) is 7.36. The average molecular weight is 500 g/mol. The number of aliphatic carboxylic acids is 1. The van der Waals surface area contributed by atoms with Crippen molar-refractivity contribution >= 4 is 11.5 Å². The van der Waals surface area contributed by atoms with E-state index in [4.69, 9.17) is 4.74 Å². The Morgan fingerprint density at radius 1 is 1.31 bits per heavy atom. The van der Waals surface area contributed by atoms with Crippen molar-refractivity contribution in [3.05, 3.63) is 64.1 Å². The fraction of sp³-hybridized carbons (Fsp3) is 0.500. The molecule has 2 heterocycles. The van der Waals surface area contributed by atoms with Gasteiger partial charge in [-0.1, -0.05) is 24.3 Å². The number of nitrogens with zero attached hydrogens (tertiary/aromatic N) is 3. The van der Waals surface area contributed by atoms with Crippen molar-refractivity contribution in [2.75, 3.05) is 40.0 Å². The molecule has 36 heavy (non-hydrogen) atoms. The normalized spacial score (nSPS) is 19.5. The number of carboxylic acid groups (broad SMARTS) is 1. The lowest BCUT2D eigenvalue weighted by Gasteiger charge is -2.42. The van der Waals surface area contributed by atoms with Gasteiger partial charge in [0.15, 0.2) is 0 Å². The van der Waals surface area contributed by atoms with Crippen molar-refractivity contribution in [3.8, 4) is 5.88 Å². The number of fused-ring (bicyclic) bond motifs is 2. The maximum atomic E-state index is 15.6. The largest absolute Gasteiger partial charge is 0.481 e. The Morgan fingerprint density at radius 3 is 2.83 bits per heavy atom. The lowest BCUT2D eigenvalue weighted by Crippen LogP contribution is -2.42. The van der Waals surface area contributed by atoms with Gasteiger partial charge >= 0.3 is 5.97 Å². The molecule has 2 aromatic rings. The summed E-state index contributed by atoms with van der Waals surface area (Å²) >= 11 is 0. The summed E-state index contributed by atoms with van der Waals surface area (Å²) in [6.07, 6.45) is 3.17. The van der Waals surface area contributed by atoms with Gasteiger partial charge in [0.05, 0.1) is 25.3 Å². The first-order valence-electron chi connectivity index (χ1n) is 12.6. The summed E-state index contributed by atoms with van der Waals surface area (Å²) < 4.78 is 34.0. The van der Waals surface area contributed by atoms with Crippen LogP contribution in [0.3, 0.4) is 0 Å². The van der Waals surface area contributed by atoms with Crippen molar-refractivity contribution in [1.82, 2.24) is 14.8 Å². The van der Waals surface area contributed by atoms with Crippen LogP contribution in [0.4, 0.5) is 8.78 Å². The molecule has 0 radical (unpaired) electrons. The third-order valence-electron chi connectivity index (χ3n) is 7.36. The Morgan fingerprint density at radius 2 is 2.08 bits per heavy atom. The SMILES string of the molecule is Cc1c(OCCN(C)CCCF)ncc(F)c1[C@@H]1C2=C(C[C@@H](C)N1CCC(=O)O)c1ccccc1C2. The van der Waals surface area contributed by atoms with Gasteiger partial charge in [-0.25, -0.2) is 9.37 Å². The van der Waals surface area contributed by atoms with Gasteiger partial charge in [-0.05, 0) is 62.4 Å². The number of carboxylic acids is 1. The molecule has 1 aromatic heterocycles.